The number of carbonyl (C=O) groups is 5. The Morgan fingerprint density at radius 2 is 1.44 bits per heavy atom. The van der Waals surface area contributed by atoms with Crippen molar-refractivity contribution in [3.63, 3.8) is 0 Å². The number of nitrogens with two attached hydrogens (primary N) is 2. The Labute approximate surface area is 191 Å². The molecule has 184 valence electrons. The van der Waals surface area contributed by atoms with Crippen molar-refractivity contribution >= 4 is 42.3 Å². The molecule has 32 heavy (non-hydrogen) atoms. The number of aliphatic carboxylic acids is 2. The van der Waals surface area contributed by atoms with Crippen molar-refractivity contribution in [2.45, 2.75) is 69.3 Å². The van der Waals surface area contributed by atoms with Crippen molar-refractivity contribution in [3.8, 4) is 0 Å². The zero-order chi connectivity index (χ0) is 24.8. The number of carboxylic acid groups (broad SMARTS) is 2. The molecule has 0 spiro atoms. The predicted molar refractivity (Wildman–Crippen MR) is 117 cm³/mol. The first-order valence-corrected chi connectivity index (χ1v) is 10.7. The molecule has 0 aromatic carbocycles. The van der Waals surface area contributed by atoms with Gasteiger partial charge < -0.3 is 42.7 Å². The Kier molecular flexibility index (Phi) is 14.2. The fourth-order valence-electron chi connectivity index (χ4n) is 2.57. The first-order valence-electron chi connectivity index (χ1n) is 10.0. The number of thiol groups is 1. The summed E-state index contributed by atoms with van der Waals surface area (Å²) in [6.07, 6.45) is -1.08. The summed E-state index contributed by atoms with van der Waals surface area (Å²) in [6, 6.07) is -5.16. The molecule has 0 heterocycles. The van der Waals surface area contributed by atoms with Crippen LogP contribution < -0.4 is 27.4 Å². The highest BCUT2D eigenvalue weighted by molar-refractivity contribution is 7.80. The lowest BCUT2D eigenvalue weighted by atomic mass is 10.1. The maximum Gasteiger partial charge on any atom is 0.328 e. The quantitative estimate of drug-likeness (QED) is 0.0812. The molecule has 0 radical (unpaired) electrons. The molecule has 0 rings (SSSR count). The average Bonchev–Trinajstić information content (AvgIpc) is 2.72. The van der Waals surface area contributed by atoms with E-state index in [2.05, 4.69) is 28.6 Å². The number of unbranched alkanes of at least 4 members (excludes halogenated alkanes) is 1. The lowest BCUT2D eigenvalue weighted by molar-refractivity contribution is -0.145. The van der Waals surface area contributed by atoms with Crippen LogP contribution in [-0.4, -0.2) is 87.5 Å². The molecule has 3 amide bonds. The van der Waals surface area contributed by atoms with E-state index in [-0.39, 0.29) is 18.6 Å². The second-order valence-corrected chi connectivity index (χ2v) is 7.56. The summed E-state index contributed by atoms with van der Waals surface area (Å²) in [7, 11) is 0. The Morgan fingerprint density at radius 1 is 0.906 bits per heavy atom. The van der Waals surface area contributed by atoms with Crippen LogP contribution in [0.3, 0.4) is 0 Å². The highest BCUT2D eigenvalue weighted by Crippen LogP contribution is 2.06. The van der Waals surface area contributed by atoms with Crippen molar-refractivity contribution in [3.05, 3.63) is 0 Å². The Morgan fingerprint density at radius 3 is 1.91 bits per heavy atom. The minimum absolute atomic E-state index is 0.0303. The van der Waals surface area contributed by atoms with Gasteiger partial charge in [-0.15, -0.1) is 0 Å². The van der Waals surface area contributed by atoms with Gasteiger partial charge in [-0.25, -0.2) is 4.79 Å². The monoisotopic (exact) mass is 479 g/mol. The van der Waals surface area contributed by atoms with E-state index < -0.39 is 66.4 Å². The fraction of sp³-hybridized carbons (Fsp3) is 0.722. The molecule has 0 aliphatic rings. The van der Waals surface area contributed by atoms with Gasteiger partial charge in [0.05, 0.1) is 12.1 Å². The first kappa shape index (κ1) is 29.6. The lowest BCUT2D eigenvalue weighted by Gasteiger charge is -2.25. The van der Waals surface area contributed by atoms with E-state index in [9.17, 15) is 29.1 Å². The van der Waals surface area contributed by atoms with Crippen LogP contribution in [0, 0.1) is 0 Å². The smallest absolute Gasteiger partial charge is 0.328 e. The second-order valence-electron chi connectivity index (χ2n) is 7.19. The minimum atomic E-state index is -1.67. The molecule has 5 unspecified atom stereocenters. The van der Waals surface area contributed by atoms with Gasteiger partial charge in [0, 0.05) is 12.2 Å². The van der Waals surface area contributed by atoms with Gasteiger partial charge in [-0.1, -0.05) is 0 Å². The maximum absolute atomic E-state index is 12.8. The third-order valence-electron chi connectivity index (χ3n) is 4.44. The number of amides is 3. The molecule has 13 nitrogen and oxygen atoms in total. The molecule has 0 aromatic heterocycles. The maximum atomic E-state index is 12.8. The second kappa shape index (κ2) is 15.4. The van der Waals surface area contributed by atoms with Gasteiger partial charge in [0.1, 0.15) is 12.1 Å². The van der Waals surface area contributed by atoms with Gasteiger partial charge in [-0.2, -0.15) is 12.6 Å². The van der Waals surface area contributed by atoms with Crippen LogP contribution in [0.1, 0.15) is 39.0 Å². The topological polar surface area (TPSA) is 234 Å². The number of carbonyl (C=O) groups excluding carboxylic acids is 3. The molecule has 0 saturated heterocycles. The number of hydrogen-bond acceptors (Lipinski definition) is 9. The van der Waals surface area contributed by atoms with Crippen LogP contribution >= 0.6 is 12.6 Å². The fourth-order valence-corrected chi connectivity index (χ4v) is 2.74. The first-order chi connectivity index (χ1) is 14.9. The normalized spacial score (nSPS) is 15.5. The van der Waals surface area contributed by atoms with Gasteiger partial charge in [0.15, 0.2) is 6.04 Å². The predicted octanol–water partition coefficient (Wildman–Crippen LogP) is -2.84. The van der Waals surface area contributed by atoms with E-state index in [1.54, 1.807) is 0 Å². The molecule has 5 atom stereocenters. The van der Waals surface area contributed by atoms with Crippen LogP contribution in [0.15, 0.2) is 0 Å². The van der Waals surface area contributed by atoms with Crippen LogP contribution in [-0.2, 0) is 24.0 Å². The number of nitrogens with one attached hydrogen (secondary N) is 3. The summed E-state index contributed by atoms with van der Waals surface area (Å²) >= 11 is 3.93. The van der Waals surface area contributed by atoms with E-state index in [1.807, 2.05) is 0 Å². The van der Waals surface area contributed by atoms with Gasteiger partial charge >= 0.3 is 11.9 Å². The zero-order valence-corrected chi connectivity index (χ0v) is 18.7. The highest BCUT2D eigenvalue weighted by Gasteiger charge is 2.31. The summed E-state index contributed by atoms with van der Waals surface area (Å²) in [4.78, 5) is 59.6. The summed E-state index contributed by atoms with van der Waals surface area (Å²) in [5.74, 6) is -5.13. The van der Waals surface area contributed by atoms with Gasteiger partial charge in [-0.3, -0.25) is 19.2 Å². The van der Waals surface area contributed by atoms with Crippen LogP contribution in [0.2, 0.25) is 0 Å². The van der Waals surface area contributed by atoms with E-state index >= 15 is 0 Å². The third kappa shape index (κ3) is 11.3. The van der Waals surface area contributed by atoms with Crippen molar-refractivity contribution in [2.75, 3.05) is 12.3 Å². The largest absolute Gasteiger partial charge is 0.481 e. The number of aliphatic hydroxyl groups excluding tert-OH is 1. The molecule has 10 N–H and O–H groups in total. The van der Waals surface area contributed by atoms with Crippen LogP contribution in [0.4, 0.5) is 0 Å². The van der Waals surface area contributed by atoms with Gasteiger partial charge in [-0.05, 0) is 39.2 Å². The molecule has 0 saturated carbocycles. The van der Waals surface area contributed by atoms with E-state index in [0.29, 0.717) is 19.4 Å². The van der Waals surface area contributed by atoms with Gasteiger partial charge in [0.2, 0.25) is 17.7 Å². The van der Waals surface area contributed by atoms with Crippen LogP contribution in [0.5, 0.6) is 0 Å². The van der Waals surface area contributed by atoms with Crippen molar-refractivity contribution in [1.82, 2.24) is 16.0 Å². The summed E-state index contributed by atoms with van der Waals surface area (Å²) in [5.41, 5.74) is 11.1. The van der Waals surface area contributed by atoms with E-state index in [0.717, 1.165) is 6.92 Å². The lowest BCUT2D eigenvalue weighted by Crippen LogP contribution is -2.58. The Hall–Kier alpha value is -2.42. The molecule has 14 heteroatoms. The molecule has 0 aliphatic heterocycles. The molecule has 0 bridgehead atoms. The van der Waals surface area contributed by atoms with E-state index in [4.69, 9.17) is 21.7 Å². The summed E-state index contributed by atoms with van der Waals surface area (Å²) < 4.78 is 0. The summed E-state index contributed by atoms with van der Waals surface area (Å²) in [6.45, 7) is 1.51. The number of aliphatic hydroxyl groups is 1. The molecule has 0 fully saturated rings. The van der Waals surface area contributed by atoms with Crippen molar-refractivity contribution in [1.29, 1.82) is 0 Å². The molecular formula is C18H33N5O8S. The number of hydrogen-bond donors (Lipinski definition) is 9. The van der Waals surface area contributed by atoms with Crippen molar-refractivity contribution in [2.24, 2.45) is 11.5 Å². The van der Waals surface area contributed by atoms with Gasteiger partial charge in [0.25, 0.3) is 0 Å². The zero-order valence-electron chi connectivity index (χ0n) is 17.8. The number of rotatable bonds is 16. The molecular weight excluding hydrogens is 446 g/mol. The SMILES string of the molecule is CC(O)C(NC(=O)C(CCC(=O)O)NC(=O)C(CCCCN)NC(=O)C(N)CS)C(=O)O. The minimum Gasteiger partial charge on any atom is -0.481 e. The Bertz CT molecular complexity index is 663. The average molecular weight is 480 g/mol. The molecule has 0 aliphatic carbocycles. The summed E-state index contributed by atoms with van der Waals surface area (Å²) in [5, 5.41) is 34.5. The molecule has 0 aromatic rings. The highest BCUT2D eigenvalue weighted by atomic mass is 32.1. The van der Waals surface area contributed by atoms with Crippen molar-refractivity contribution < 1.29 is 39.3 Å². The number of carboxylic acids is 2. The standard InChI is InChI=1S/C18H33N5O8S/c1-9(24)14(18(30)31)23-17(29)12(5-6-13(25)26)22-16(28)11(4-2-3-7-19)21-15(27)10(20)8-32/h9-12,14,24,32H,2-8,19-20H2,1H3,(H,21,27)(H,22,28)(H,23,29)(H,25,26)(H,30,31). The van der Waals surface area contributed by atoms with Crippen LogP contribution in [0.25, 0.3) is 0 Å². The van der Waals surface area contributed by atoms with E-state index in [1.165, 1.54) is 0 Å². The Balaban J connectivity index is 5.50. The third-order valence-corrected chi connectivity index (χ3v) is 4.83.